The van der Waals surface area contributed by atoms with Crippen molar-refractivity contribution >= 4 is 32.8 Å². The lowest BCUT2D eigenvalue weighted by atomic mass is 10.1. The number of rotatable bonds is 3. The normalized spacial score (nSPS) is 18.1. The Morgan fingerprint density at radius 2 is 2.10 bits per heavy atom. The highest BCUT2D eigenvalue weighted by molar-refractivity contribution is 7.88. The molecule has 8 heteroatoms. The number of nitrogens with two attached hydrogens (primary N) is 1. The van der Waals surface area contributed by atoms with E-state index in [1.807, 2.05) is 12.1 Å². The number of fused-ring (bicyclic) bond motifs is 1. The van der Waals surface area contributed by atoms with E-state index in [9.17, 15) is 8.42 Å². The third-order valence-electron chi connectivity index (χ3n) is 3.70. The first-order valence-electron chi connectivity index (χ1n) is 6.80. The summed E-state index contributed by atoms with van der Waals surface area (Å²) >= 11 is 0. The van der Waals surface area contributed by atoms with Gasteiger partial charge in [-0.25, -0.2) is 12.7 Å². The van der Waals surface area contributed by atoms with Crippen molar-refractivity contribution in [2.75, 3.05) is 30.4 Å². The van der Waals surface area contributed by atoms with Gasteiger partial charge in [0.1, 0.15) is 5.52 Å². The van der Waals surface area contributed by atoms with Crippen LogP contribution in [0.1, 0.15) is 12.8 Å². The molecule has 0 saturated carbocycles. The van der Waals surface area contributed by atoms with Gasteiger partial charge in [0.25, 0.3) is 6.01 Å². The average molecular weight is 310 g/mol. The number of nitrogen functional groups attached to an aromatic ring is 1. The molecule has 0 spiro atoms. The fourth-order valence-electron chi connectivity index (χ4n) is 2.54. The van der Waals surface area contributed by atoms with E-state index in [2.05, 4.69) is 10.3 Å². The number of para-hydroxylation sites is 1. The summed E-state index contributed by atoms with van der Waals surface area (Å²) in [6, 6.07) is 5.99. The molecule has 1 aliphatic heterocycles. The minimum absolute atomic E-state index is 0.150. The van der Waals surface area contributed by atoms with Crippen LogP contribution in [-0.4, -0.2) is 43.1 Å². The molecule has 3 N–H and O–H groups in total. The van der Waals surface area contributed by atoms with E-state index in [1.165, 1.54) is 10.6 Å². The van der Waals surface area contributed by atoms with Gasteiger partial charge >= 0.3 is 0 Å². The highest BCUT2D eigenvalue weighted by Crippen LogP contribution is 2.25. The van der Waals surface area contributed by atoms with Crippen LogP contribution in [-0.2, 0) is 10.0 Å². The second kappa shape index (κ2) is 5.19. The zero-order chi connectivity index (χ0) is 15.0. The minimum atomic E-state index is -3.10. The number of nitrogens with one attached hydrogen (secondary N) is 1. The van der Waals surface area contributed by atoms with Crippen molar-refractivity contribution in [2.45, 2.75) is 18.9 Å². The van der Waals surface area contributed by atoms with Crippen molar-refractivity contribution in [1.82, 2.24) is 9.29 Å². The van der Waals surface area contributed by atoms with Gasteiger partial charge in [-0.15, -0.1) is 0 Å². The summed E-state index contributed by atoms with van der Waals surface area (Å²) < 4.78 is 30.0. The second-order valence-electron chi connectivity index (χ2n) is 5.29. The topological polar surface area (TPSA) is 101 Å². The molecular weight excluding hydrogens is 292 g/mol. The van der Waals surface area contributed by atoms with E-state index in [4.69, 9.17) is 10.2 Å². The van der Waals surface area contributed by atoms with Gasteiger partial charge < -0.3 is 15.5 Å². The molecule has 2 heterocycles. The van der Waals surface area contributed by atoms with E-state index < -0.39 is 10.0 Å². The highest BCUT2D eigenvalue weighted by atomic mass is 32.2. The molecule has 1 saturated heterocycles. The first-order chi connectivity index (χ1) is 9.93. The molecule has 7 nitrogen and oxygen atoms in total. The molecule has 114 valence electrons. The maximum absolute atomic E-state index is 11.5. The SMILES string of the molecule is CS(=O)(=O)N1CCC(Nc2nc3c(N)cccc3o2)CC1. The van der Waals surface area contributed by atoms with Gasteiger partial charge in [-0.3, -0.25) is 0 Å². The summed E-state index contributed by atoms with van der Waals surface area (Å²) in [5, 5.41) is 3.21. The molecule has 1 fully saturated rings. The lowest BCUT2D eigenvalue weighted by Gasteiger charge is -2.30. The van der Waals surface area contributed by atoms with Crippen molar-refractivity contribution in [3.8, 4) is 0 Å². The second-order valence-corrected chi connectivity index (χ2v) is 7.28. The van der Waals surface area contributed by atoms with Crippen LogP contribution in [0.5, 0.6) is 0 Å². The van der Waals surface area contributed by atoms with Gasteiger partial charge in [0.05, 0.1) is 11.9 Å². The average Bonchev–Trinajstić information content (AvgIpc) is 2.82. The van der Waals surface area contributed by atoms with Crippen molar-refractivity contribution in [3.63, 3.8) is 0 Å². The fourth-order valence-corrected chi connectivity index (χ4v) is 3.41. The Balaban J connectivity index is 1.68. The van der Waals surface area contributed by atoms with Crippen LogP contribution >= 0.6 is 0 Å². The van der Waals surface area contributed by atoms with Gasteiger partial charge in [0, 0.05) is 19.1 Å². The van der Waals surface area contributed by atoms with Gasteiger partial charge in [-0.1, -0.05) is 6.07 Å². The van der Waals surface area contributed by atoms with E-state index in [0.717, 1.165) is 12.8 Å². The van der Waals surface area contributed by atoms with Crippen LogP contribution in [0.2, 0.25) is 0 Å². The van der Waals surface area contributed by atoms with Crippen LogP contribution < -0.4 is 11.1 Å². The fraction of sp³-hybridized carbons (Fsp3) is 0.462. The summed E-state index contributed by atoms with van der Waals surface area (Å²) in [4.78, 5) is 4.34. The molecule has 21 heavy (non-hydrogen) atoms. The van der Waals surface area contributed by atoms with E-state index in [-0.39, 0.29) is 6.04 Å². The smallest absolute Gasteiger partial charge is 0.295 e. The highest BCUT2D eigenvalue weighted by Gasteiger charge is 2.25. The molecule has 0 atom stereocenters. The van der Waals surface area contributed by atoms with Crippen LogP contribution in [0, 0.1) is 0 Å². The number of anilines is 2. The maximum Gasteiger partial charge on any atom is 0.295 e. The summed E-state index contributed by atoms with van der Waals surface area (Å²) in [5.41, 5.74) is 7.72. The summed E-state index contributed by atoms with van der Waals surface area (Å²) in [5.74, 6) is 0. The molecule has 0 unspecified atom stereocenters. The van der Waals surface area contributed by atoms with Crippen molar-refractivity contribution in [1.29, 1.82) is 0 Å². The number of oxazole rings is 1. The standard InChI is InChI=1S/C13H18N4O3S/c1-21(18,19)17-7-5-9(6-8-17)15-13-16-12-10(14)3-2-4-11(12)20-13/h2-4,9H,5-8,14H2,1H3,(H,15,16). The molecule has 2 aromatic rings. The van der Waals surface area contributed by atoms with Crippen LogP contribution in [0.4, 0.5) is 11.7 Å². The molecule has 0 amide bonds. The predicted molar refractivity (Wildman–Crippen MR) is 81.5 cm³/mol. The Morgan fingerprint density at radius 1 is 1.38 bits per heavy atom. The number of nitrogens with zero attached hydrogens (tertiary/aromatic N) is 2. The maximum atomic E-state index is 11.5. The lowest BCUT2D eigenvalue weighted by Crippen LogP contribution is -2.41. The zero-order valence-electron chi connectivity index (χ0n) is 11.7. The van der Waals surface area contributed by atoms with Crippen molar-refractivity contribution in [2.24, 2.45) is 0 Å². The van der Waals surface area contributed by atoms with Gasteiger partial charge in [-0.2, -0.15) is 4.98 Å². The number of sulfonamides is 1. The molecule has 1 aromatic heterocycles. The van der Waals surface area contributed by atoms with E-state index >= 15 is 0 Å². The Bertz CT molecular complexity index is 748. The lowest BCUT2D eigenvalue weighted by molar-refractivity contribution is 0.329. The largest absolute Gasteiger partial charge is 0.423 e. The number of aromatic nitrogens is 1. The van der Waals surface area contributed by atoms with Crippen LogP contribution in [0.3, 0.4) is 0 Å². The number of hydrogen-bond acceptors (Lipinski definition) is 6. The van der Waals surface area contributed by atoms with Crippen molar-refractivity contribution < 1.29 is 12.8 Å². The molecular formula is C13H18N4O3S. The Kier molecular flexibility index (Phi) is 3.50. The zero-order valence-corrected chi connectivity index (χ0v) is 12.6. The van der Waals surface area contributed by atoms with Crippen molar-refractivity contribution in [3.05, 3.63) is 18.2 Å². The van der Waals surface area contributed by atoms with E-state index in [0.29, 0.717) is 35.9 Å². The van der Waals surface area contributed by atoms with E-state index in [1.54, 1.807) is 6.07 Å². The number of hydrogen-bond donors (Lipinski definition) is 2. The molecule has 1 aliphatic rings. The van der Waals surface area contributed by atoms with Gasteiger partial charge in [0.15, 0.2) is 5.58 Å². The number of piperidine rings is 1. The van der Waals surface area contributed by atoms with Gasteiger partial charge in [-0.05, 0) is 25.0 Å². The van der Waals surface area contributed by atoms with Crippen LogP contribution in [0.25, 0.3) is 11.1 Å². The Morgan fingerprint density at radius 3 is 2.71 bits per heavy atom. The minimum Gasteiger partial charge on any atom is -0.423 e. The monoisotopic (exact) mass is 310 g/mol. The molecule has 0 aliphatic carbocycles. The molecule has 0 radical (unpaired) electrons. The first kappa shape index (κ1) is 14.2. The quantitative estimate of drug-likeness (QED) is 0.827. The van der Waals surface area contributed by atoms with Crippen LogP contribution in [0.15, 0.2) is 22.6 Å². The third-order valence-corrected chi connectivity index (χ3v) is 5.00. The Hall–Kier alpha value is -1.80. The molecule has 0 bridgehead atoms. The predicted octanol–water partition coefficient (Wildman–Crippen LogP) is 1.25. The first-order valence-corrected chi connectivity index (χ1v) is 8.65. The summed E-state index contributed by atoms with van der Waals surface area (Å²) in [7, 11) is -3.10. The summed E-state index contributed by atoms with van der Waals surface area (Å²) in [6.07, 6.45) is 2.69. The molecule has 1 aromatic carbocycles. The Labute approximate surface area is 123 Å². The number of benzene rings is 1. The summed E-state index contributed by atoms with van der Waals surface area (Å²) in [6.45, 7) is 1.03. The third kappa shape index (κ3) is 2.96. The van der Waals surface area contributed by atoms with Gasteiger partial charge in [0.2, 0.25) is 10.0 Å². The molecule has 3 rings (SSSR count).